The van der Waals surface area contributed by atoms with Gasteiger partial charge in [-0.1, -0.05) is 12.1 Å². The summed E-state index contributed by atoms with van der Waals surface area (Å²) < 4.78 is 13.7. The van der Waals surface area contributed by atoms with Crippen molar-refractivity contribution in [2.75, 3.05) is 11.5 Å². The fourth-order valence-corrected chi connectivity index (χ4v) is 4.05. The summed E-state index contributed by atoms with van der Waals surface area (Å²) in [5.41, 5.74) is 15.2. The second-order valence-corrected chi connectivity index (χ2v) is 8.76. The lowest BCUT2D eigenvalue weighted by atomic mass is 10.0. The molecule has 4 aromatic rings. The Balaban J connectivity index is 1.44. The van der Waals surface area contributed by atoms with E-state index in [0.717, 1.165) is 49.5 Å². The van der Waals surface area contributed by atoms with Gasteiger partial charge in [0.1, 0.15) is 23.0 Å². The molecule has 0 spiro atoms. The second-order valence-electron chi connectivity index (χ2n) is 7.05. The molecule has 6 heteroatoms. The molecule has 0 saturated carbocycles. The Kier molecular flexibility index (Phi) is 6.49. The van der Waals surface area contributed by atoms with E-state index in [1.807, 2.05) is 60.7 Å². The van der Waals surface area contributed by atoms with Gasteiger partial charge < -0.3 is 20.9 Å². The van der Waals surface area contributed by atoms with Crippen LogP contribution in [0.1, 0.15) is 11.1 Å². The van der Waals surface area contributed by atoms with Crippen LogP contribution in [0.4, 0.5) is 11.4 Å². The molecule has 0 aliphatic heterocycles. The van der Waals surface area contributed by atoms with Gasteiger partial charge in [-0.05, 0) is 122 Å². The van der Waals surface area contributed by atoms with E-state index >= 15 is 0 Å². The lowest BCUT2D eigenvalue weighted by molar-refractivity contribution is 0.479. The van der Waals surface area contributed by atoms with E-state index in [1.54, 1.807) is 0 Å². The Morgan fingerprint density at radius 1 is 0.548 bits per heavy atom. The molecule has 0 heterocycles. The number of benzene rings is 4. The monoisotopic (exact) mass is 538 g/mol. The predicted molar refractivity (Wildman–Crippen MR) is 133 cm³/mol. The summed E-state index contributed by atoms with van der Waals surface area (Å²) >= 11 is 7.23. The van der Waals surface area contributed by atoms with E-state index in [0.29, 0.717) is 11.4 Å². The van der Waals surface area contributed by atoms with Gasteiger partial charge in [-0.25, -0.2) is 0 Å². The normalized spacial score (nSPS) is 10.6. The third-order valence-electron chi connectivity index (χ3n) is 4.62. The lowest BCUT2D eigenvalue weighted by Gasteiger charge is -2.11. The molecular weight excluding hydrogens is 520 g/mol. The van der Waals surface area contributed by atoms with Crippen LogP contribution in [-0.4, -0.2) is 0 Å². The number of rotatable bonds is 6. The molecule has 0 atom stereocenters. The average molecular weight is 540 g/mol. The third-order valence-corrected chi connectivity index (χ3v) is 5.86. The van der Waals surface area contributed by atoms with Gasteiger partial charge in [-0.15, -0.1) is 0 Å². The zero-order chi connectivity index (χ0) is 21.8. The van der Waals surface area contributed by atoms with Crippen molar-refractivity contribution in [1.29, 1.82) is 0 Å². The SMILES string of the molecule is Nc1ccc(Oc2ccc(Cc3ccc(Oc4ccc(N)cc4)c(Br)c3)cc2Br)cc1. The van der Waals surface area contributed by atoms with Crippen LogP contribution in [-0.2, 0) is 6.42 Å². The molecule has 0 fully saturated rings. The summed E-state index contributed by atoms with van der Waals surface area (Å²) in [6.45, 7) is 0. The van der Waals surface area contributed by atoms with Crippen LogP contribution in [0.2, 0.25) is 0 Å². The molecule has 0 unspecified atom stereocenters. The molecular formula is C25H20Br2N2O2. The highest BCUT2D eigenvalue weighted by molar-refractivity contribution is 9.10. The number of hydrogen-bond donors (Lipinski definition) is 2. The number of hydrogen-bond acceptors (Lipinski definition) is 4. The summed E-state index contributed by atoms with van der Waals surface area (Å²) in [5, 5.41) is 0. The Morgan fingerprint density at radius 2 is 0.935 bits per heavy atom. The van der Waals surface area contributed by atoms with E-state index in [-0.39, 0.29) is 0 Å². The van der Waals surface area contributed by atoms with Crippen LogP contribution in [0, 0.1) is 0 Å². The van der Waals surface area contributed by atoms with Gasteiger partial charge in [0.25, 0.3) is 0 Å². The molecule has 4 N–H and O–H groups in total. The van der Waals surface area contributed by atoms with Gasteiger partial charge in [0, 0.05) is 11.4 Å². The third kappa shape index (κ3) is 5.60. The summed E-state index contributed by atoms with van der Waals surface area (Å²) in [5.74, 6) is 2.98. The summed E-state index contributed by atoms with van der Waals surface area (Å²) in [6, 6.07) is 26.8. The molecule has 31 heavy (non-hydrogen) atoms. The maximum atomic E-state index is 5.93. The van der Waals surface area contributed by atoms with Crippen molar-refractivity contribution in [1.82, 2.24) is 0 Å². The second kappa shape index (κ2) is 9.45. The van der Waals surface area contributed by atoms with Crippen molar-refractivity contribution < 1.29 is 9.47 Å². The Labute approximate surface area is 198 Å². The standard InChI is InChI=1S/C25H20Br2N2O2/c26-22-14-16(1-11-24(22)30-20-7-3-18(28)4-8-20)13-17-2-12-25(23(27)15-17)31-21-9-5-19(29)6-10-21/h1-12,14-15H,13,28-29H2. The topological polar surface area (TPSA) is 70.5 Å². The number of halogens is 2. The Bertz CT molecular complexity index is 1100. The molecule has 0 aliphatic rings. The van der Waals surface area contributed by atoms with Gasteiger partial charge in [-0.3, -0.25) is 0 Å². The molecule has 4 nitrogen and oxygen atoms in total. The van der Waals surface area contributed by atoms with Crippen molar-refractivity contribution >= 4 is 43.2 Å². The fraction of sp³-hybridized carbons (Fsp3) is 0.0400. The van der Waals surface area contributed by atoms with Gasteiger partial charge in [-0.2, -0.15) is 0 Å². The largest absolute Gasteiger partial charge is 0.456 e. The van der Waals surface area contributed by atoms with Gasteiger partial charge in [0.15, 0.2) is 0 Å². The number of nitrogen functional groups attached to an aromatic ring is 2. The lowest BCUT2D eigenvalue weighted by Crippen LogP contribution is -1.93. The summed E-state index contributed by atoms with van der Waals surface area (Å²) in [6.07, 6.45) is 0.779. The molecule has 0 aromatic heterocycles. The van der Waals surface area contributed by atoms with E-state index in [2.05, 4.69) is 56.1 Å². The first-order valence-corrected chi connectivity index (χ1v) is 11.2. The molecule has 0 saturated heterocycles. The molecule has 156 valence electrons. The highest BCUT2D eigenvalue weighted by atomic mass is 79.9. The maximum absolute atomic E-state index is 5.93. The molecule has 0 aliphatic carbocycles. The first kappa shape index (κ1) is 21.3. The van der Waals surface area contributed by atoms with Crippen molar-refractivity contribution in [2.24, 2.45) is 0 Å². The van der Waals surface area contributed by atoms with Crippen molar-refractivity contribution in [3.05, 3.63) is 105 Å². The summed E-state index contributed by atoms with van der Waals surface area (Å²) in [4.78, 5) is 0. The van der Waals surface area contributed by atoms with E-state index in [1.165, 1.54) is 0 Å². The van der Waals surface area contributed by atoms with Crippen LogP contribution >= 0.6 is 31.9 Å². The first-order valence-electron chi connectivity index (χ1n) is 9.60. The minimum absolute atomic E-state index is 0.706. The molecule has 0 bridgehead atoms. The average Bonchev–Trinajstić information content (AvgIpc) is 2.75. The highest BCUT2D eigenvalue weighted by Crippen LogP contribution is 2.34. The van der Waals surface area contributed by atoms with Gasteiger partial charge in [0.05, 0.1) is 8.95 Å². The van der Waals surface area contributed by atoms with Crippen LogP contribution < -0.4 is 20.9 Å². The zero-order valence-corrected chi connectivity index (χ0v) is 19.7. The van der Waals surface area contributed by atoms with Gasteiger partial charge in [0.2, 0.25) is 0 Å². The quantitative estimate of drug-likeness (QED) is 0.248. The predicted octanol–water partition coefficient (Wildman–Crippen LogP) is 7.55. The van der Waals surface area contributed by atoms with Crippen LogP contribution in [0.3, 0.4) is 0 Å². The van der Waals surface area contributed by atoms with Crippen LogP contribution in [0.5, 0.6) is 23.0 Å². The van der Waals surface area contributed by atoms with Gasteiger partial charge >= 0.3 is 0 Å². The van der Waals surface area contributed by atoms with E-state index in [9.17, 15) is 0 Å². The van der Waals surface area contributed by atoms with Crippen molar-refractivity contribution in [3.8, 4) is 23.0 Å². The number of ether oxygens (including phenoxy) is 2. The Hall–Kier alpha value is -2.96. The number of nitrogens with two attached hydrogens (primary N) is 2. The molecule has 4 rings (SSSR count). The van der Waals surface area contributed by atoms with Crippen LogP contribution in [0.15, 0.2) is 93.9 Å². The minimum Gasteiger partial charge on any atom is -0.456 e. The van der Waals surface area contributed by atoms with Crippen molar-refractivity contribution in [2.45, 2.75) is 6.42 Å². The van der Waals surface area contributed by atoms with E-state index in [4.69, 9.17) is 20.9 Å². The fourth-order valence-electron chi connectivity index (χ4n) is 3.04. The number of anilines is 2. The summed E-state index contributed by atoms with van der Waals surface area (Å²) in [7, 11) is 0. The van der Waals surface area contributed by atoms with E-state index < -0.39 is 0 Å². The highest BCUT2D eigenvalue weighted by Gasteiger charge is 2.08. The minimum atomic E-state index is 0.706. The maximum Gasteiger partial charge on any atom is 0.141 e. The molecule has 4 aromatic carbocycles. The molecule has 0 amide bonds. The smallest absolute Gasteiger partial charge is 0.141 e. The van der Waals surface area contributed by atoms with Crippen LogP contribution in [0.25, 0.3) is 0 Å². The Morgan fingerprint density at radius 3 is 1.29 bits per heavy atom. The molecule has 0 radical (unpaired) electrons. The zero-order valence-electron chi connectivity index (χ0n) is 16.5. The van der Waals surface area contributed by atoms with Crippen molar-refractivity contribution in [3.63, 3.8) is 0 Å². The first-order chi connectivity index (χ1) is 15.0.